The molecule has 174 valence electrons. The zero-order valence-electron chi connectivity index (χ0n) is 17.9. The zero-order chi connectivity index (χ0) is 24.1. The topological polar surface area (TPSA) is 78.6 Å². The van der Waals surface area contributed by atoms with Crippen molar-refractivity contribution in [2.75, 3.05) is 6.79 Å². The molecule has 3 aromatic carbocycles. The van der Waals surface area contributed by atoms with E-state index in [0.717, 1.165) is 11.6 Å². The number of carbonyl (C=O) groups excluding carboxylic acids is 2. The van der Waals surface area contributed by atoms with E-state index in [9.17, 15) is 22.8 Å². The Morgan fingerprint density at radius 3 is 2.41 bits per heavy atom. The average molecular weight is 467 g/mol. The van der Waals surface area contributed by atoms with E-state index in [-0.39, 0.29) is 41.3 Å². The van der Waals surface area contributed by atoms with Gasteiger partial charge in [0.2, 0.25) is 12.7 Å². The number of halogens is 3. The summed E-state index contributed by atoms with van der Waals surface area (Å²) in [6.45, 7) is 0.120. The van der Waals surface area contributed by atoms with Crippen LogP contribution in [0.4, 0.5) is 13.2 Å². The van der Waals surface area contributed by atoms with E-state index in [2.05, 4.69) is 0 Å². The zero-order valence-corrected chi connectivity index (χ0v) is 17.9. The number of Topliss-reactive ketones (excluding diaryl/α,β-unsaturated/α-hetero) is 1. The molecule has 0 saturated heterocycles. The monoisotopic (exact) mass is 467 g/mol. The molecule has 34 heavy (non-hydrogen) atoms. The van der Waals surface area contributed by atoms with Crippen LogP contribution in [0.1, 0.15) is 39.9 Å². The van der Waals surface area contributed by atoms with E-state index in [0.29, 0.717) is 24.3 Å². The van der Waals surface area contributed by atoms with Gasteiger partial charge in [-0.05, 0) is 65.4 Å². The maximum absolute atomic E-state index is 13.9. The fourth-order valence-electron chi connectivity index (χ4n) is 4.43. The number of carbonyl (C=O) groups is 2. The van der Waals surface area contributed by atoms with Crippen LogP contribution in [0.5, 0.6) is 11.5 Å². The molecule has 1 heterocycles. The molecule has 0 unspecified atom stereocenters. The van der Waals surface area contributed by atoms with Gasteiger partial charge in [-0.25, -0.2) is 0 Å². The molecule has 0 atom stereocenters. The third-order valence-electron chi connectivity index (χ3n) is 6.42. The summed E-state index contributed by atoms with van der Waals surface area (Å²) < 4.78 is 52.6. The molecular formula is C26H20F3NO4. The first-order chi connectivity index (χ1) is 16.2. The highest BCUT2D eigenvalue weighted by Gasteiger charge is 2.51. The van der Waals surface area contributed by atoms with Crippen molar-refractivity contribution in [3.63, 3.8) is 0 Å². The number of nitrogens with two attached hydrogens (primary N) is 1. The number of ketones is 1. The summed E-state index contributed by atoms with van der Waals surface area (Å²) in [5.74, 6) is 0.315. The second kappa shape index (κ2) is 7.90. The third kappa shape index (κ3) is 3.89. The van der Waals surface area contributed by atoms with Crippen LogP contribution in [-0.4, -0.2) is 18.5 Å². The summed E-state index contributed by atoms with van der Waals surface area (Å²) in [4.78, 5) is 24.7. The Balaban J connectivity index is 1.45. The number of fused-ring (bicyclic) bond motifs is 1. The van der Waals surface area contributed by atoms with Gasteiger partial charge in [-0.2, -0.15) is 13.2 Å². The number of amides is 1. The van der Waals surface area contributed by atoms with Crippen LogP contribution in [0.25, 0.3) is 11.1 Å². The van der Waals surface area contributed by atoms with Crippen molar-refractivity contribution >= 4 is 11.7 Å². The first kappa shape index (κ1) is 22.0. The van der Waals surface area contributed by atoms with Gasteiger partial charge in [-0.3, -0.25) is 9.59 Å². The van der Waals surface area contributed by atoms with Crippen LogP contribution >= 0.6 is 0 Å². The lowest BCUT2D eigenvalue weighted by Gasteiger charge is -2.18. The lowest BCUT2D eigenvalue weighted by Crippen LogP contribution is -2.22. The Labute approximate surface area is 193 Å². The molecule has 1 amide bonds. The fraction of sp³-hybridized carbons (Fsp3) is 0.231. The molecule has 5 rings (SSSR count). The summed E-state index contributed by atoms with van der Waals surface area (Å²) in [7, 11) is 0. The third-order valence-corrected chi connectivity index (χ3v) is 6.42. The van der Waals surface area contributed by atoms with E-state index in [1.807, 2.05) is 6.07 Å². The van der Waals surface area contributed by atoms with Crippen LogP contribution in [0.15, 0.2) is 60.7 Å². The van der Waals surface area contributed by atoms with Gasteiger partial charge in [-0.15, -0.1) is 0 Å². The van der Waals surface area contributed by atoms with Gasteiger partial charge < -0.3 is 15.2 Å². The Bertz CT molecular complexity index is 1310. The van der Waals surface area contributed by atoms with Gasteiger partial charge in [-0.1, -0.05) is 30.3 Å². The maximum Gasteiger partial charge on any atom is 0.417 e. The molecular weight excluding hydrogens is 447 g/mol. The normalized spacial score (nSPS) is 15.7. The minimum atomic E-state index is -4.65. The molecule has 2 N–H and O–H groups in total. The van der Waals surface area contributed by atoms with Crippen molar-refractivity contribution in [1.82, 2.24) is 0 Å². The van der Waals surface area contributed by atoms with Gasteiger partial charge in [0.25, 0.3) is 0 Å². The van der Waals surface area contributed by atoms with Gasteiger partial charge in [0.05, 0.1) is 11.0 Å². The fourth-order valence-corrected chi connectivity index (χ4v) is 4.43. The van der Waals surface area contributed by atoms with Crippen molar-refractivity contribution < 1.29 is 32.2 Å². The lowest BCUT2D eigenvalue weighted by molar-refractivity contribution is -0.137. The van der Waals surface area contributed by atoms with Gasteiger partial charge >= 0.3 is 6.18 Å². The molecule has 0 spiro atoms. The summed E-state index contributed by atoms with van der Waals surface area (Å²) in [6.07, 6.45) is -3.50. The highest BCUT2D eigenvalue weighted by atomic mass is 19.4. The standard InChI is InChI=1S/C26H20F3NO4/c27-26(28,29)20-10-15(4-6-19(20)16-2-1-3-17(12-16)24(30)32)11-23(31)25(8-9-25)18-5-7-21-22(13-18)34-14-33-21/h1-7,10,12-13H,8-9,11,14H2,(H2,30,32). The van der Waals surface area contributed by atoms with Crippen molar-refractivity contribution in [2.24, 2.45) is 5.73 Å². The molecule has 0 aromatic heterocycles. The number of hydrogen-bond donors (Lipinski definition) is 1. The molecule has 0 bridgehead atoms. The SMILES string of the molecule is NC(=O)c1cccc(-c2ccc(CC(=O)C3(c4ccc5c(c4)OCO5)CC3)cc2C(F)(F)F)c1. The van der Waals surface area contributed by atoms with Crippen LogP contribution < -0.4 is 15.2 Å². The predicted molar refractivity (Wildman–Crippen MR) is 118 cm³/mol. The van der Waals surface area contributed by atoms with Crippen LogP contribution in [0.2, 0.25) is 0 Å². The number of rotatable bonds is 6. The summed E-state index contributed by atoms with van der Waals surface area (Å²) >= 11 is 0. The smallest absolute Gasteiger partial charge is 0.417 e. The number of primary amides is 1. The second-order valence-corrected chi connectivity index (χ2v) is 8.57. The molecule has 3 aromatic rings. The summed E-state index contributed by atoms with van der Waals surface area (Å²) in [5, 5.41) is 0. The predicted octanol–water partition coefficient (Wildman–Crippen LogP) is 5.04. The summed E-state index contributed by atoms with van der Waals surface area (Å²) in [5.41, 5.74) is 5.02. The number of benzene rings is 3. The van der Waals surface area contributed by atoms with Crippen molar-refractivity contribution in [3.8, 4) is 22.6 Å². The van der Waals surface area contributed by atoms with Crippen molar-refractivity contribution in [3.05, 3.63) is 82.9 Å². The molecule has 5 nitrogen and oxygen atoms in total. The second-order valence-electron chi connectivity index (χ2n) is 8.57. The first-order valence-corrected chi connectivity index (χ1v) is 10.7. The minimum absolute atomic E-state index is 0.0799. The van der Waals surface area contributed by atoms with E-state index >= 15 is 0 Å². The van der Waals surface area contributed by atoms with Gasteiger partial charge in [0, 0.05) is 12.0 Å². The number of alkyl halides is 3. The average Bonchev–Trinajstić information content (AvgIpc) is 3.49. The van der Waals surface area contributed by atoms with E-state index in [1.54, 1.807) is 12.1 Å². The molecule has 0 radical (unpaired) electrons. The first-order valence-electron chi connectivity index (χ1n) is 10.7. The number of ether oxygens (including phenoxy) is 2. The molecule has 2 aliphatic rings. The molecule has 8 heteroatoms. The maximum atomic E-state index is 13.9. The quantitative estimate of drug-likeness (QED) is 0.551. The molecule has 1 aliphatic carbocycles. The van der Waals surface area contributed by atoms with E-state index in [1.165, 1.54) is 36.4 Å². The highest BCUT2D eigenvalue weighted by molar-refractivity contribution is 5.95. The Morgan fingerprint density at radius 2 is 1.71 bits per heavy atom. The highest BCUT2D eigenvalue weighted by Crippen LogP contribution is 2.51. The van der Waals surface area contributed by atoms with Crippen LogP contribution in [-0.2, 0) is 22.8 Å². The van der Waals surface area contributed by atoms with E-state index < -0.39 is 23.1 Å². The van der Waals surface area contributed by atoms with Crippen LogP contribution in [0, 0.1) is 0 Å². The van der Waals surface area contributed by atoms with Crippen LogP contribution in [0.3, 0.4) is 0 Å². The number of hydrogen-bond acceptors (Lipinski definition) is 4. The van der Waals surface area contributed by atoms with Gasteiger partial charge in [0.1, 0.15) is 5.78 Å². The lowest BCUT2D eigenvalue weighted by atomic mass is 9.86. The largest absolute Gasteiger partial charge is 0.454 e. The van der Waals surface area contributed by atoms with Gasteiger partial charge in [0.15, 0.2) is 11.5 Å². The molecule has 1 aliphatic heterocycles. The Morgan fingerprint density at radius 1 is 0.941 bits per heavy atom. The minimum Gasteiger partial charge on any atom is -0.454 e. The Kier molecular flexibility index (Phi) is 5.11. The van der Waals surface area contributed by atoms with Crippen molar-refractivity contribution in [2.45, 2.75) is 30.9 Å². The Hall–Kier alpha value is -3.81. The molecule has 1 saturated carbocycles. The van der Waals surface area contributed by atoms with E-state index in [4.69, 9.17) is 15.2 Å². The summed E-state index contributed by atoms with van der Waals surface area (Å²) in [6, 6.07) is 15.0. The van der Waals surface area contributed by atoms with Crippen molar-refractivity contribution in [1.29, 1.82) is 0 Å². The molecule has 1 fully saturated rings.